The second kappa shape index (κ2) is 10.5. The van der Waals surface area contributed by atoms with Crippen molar-refractivity contribution < 1.29 is 23.5 Å². The third kappa shape index (κ3) is 6.51. The molecule has 162 valence electrons. The molecular weight excluding hydrogens is 421 g/mol. The van der Waals surface area contributed by atoms with E-state index in [0.29, 0.717) is 28.9 Å². The summed E-state index contributed by atoms with van der Waals surface area (Å²) in [5.41, 5.74) is 1.02. The number of carbonyl (C=O) groups excluding carboxylic acids is 2. The normalized spacial score (nSPS) is 10.4. The fourth-order valence-electron chi connectivity index (χ4n) is 2.61. The number of rotatable bonds is 9. The molecule has 31 heavy (non-hydrogen) atoms. The first-order chi connectivity index (χ1) is 14.9. The number of halogens is 1. The maximum atomic E-state index is 14.4. The third-order valence-electron chi connectivity index (χ3n) is 3.98. The molecular formula is C22H22FN3O4S. The molecule has 0 unspecified atom stereocenters. The van der Waals surface area contributed by atoms with Crippen LogP contribution < -0.4 is 20.1 Å². The highest BCUT2D eigenvalue weighted by molar-refractivity contribution is 7.14. The molecule has 9 heteroatoms. The summed E-state index contributed by atoms with van der Waals surface area (Å²) in [6.07, 6.45) is 0.923. The number of nitrogens with one attached hydrogen (secondary N) is 2. The van der Waals surface area contributed by atoms with Crippen molar-refractivity contribution in [3.63, 3.8) is 0 Å². The molecule has 1 aromatic heterocycles. The SMILES string of the molecule is CCCOc1ccc(OCC(=O)Nc2nc(-c3ccc(NC(C)=O)cc3F)cs2)cc1. The van der Waals surface area contributed by atoms with Crippen LogP contribution in [0.1, 0.15) is 20.3 Å². The molecule has 0 atom stereocenters. The first-order valence-corrected chi connectivity index (χ1v) is 10.5. The molecule has 7 nitrogen and oxygen atoms in total. The molecule has 0 fully saturated rings. The van der Waals surface area contributed by atoms with Gasteiger partial charge in [0.25, 0.3) is 5.91 Å². The van der Waals surface area contributed by atoms with Crippen LogP contribution in [0.3, 0.4) is 0 Å². The van der Waals surface area contributed by atoms with Crippen molar-refractivity contribution >= 4 is 34.0 Å². The lowest BCUT2D eigenvalue weighted by molar-refractivity contribution is -0.118. The fourth-order valence-corrected chi connectivity index (χ4v) is 3.34. The van der Waals surface area contributed by atoms with Crippen LogP contribution in [0, 0.1) is 5.82 Å². The Morgan fingerprint density at radius 3 is 2.42 bits per heavy atom. The number of nitrogens with zero attached hydrogens (tertiary/aromatic N) is 1. The zero-order valence-corrected chi connectivity index (χ0v) is 17.9. The van der Waals surface area contributed by atoms with E-state index in [1.165, 1.54) is 30.4 Å². The highest BCUT2D eigenvalue weighted by atomic mass is 32.1. The molecule has 2 N–H and O–H groups in total. The quantitative estimate of drug-likeness (QED) is 0.500. The van der Waals surface area contributed by atoms with E-state index in [0.717, 1.165) is 12.2 Å². The van der Waals surface area contributed by atoms with Crippen molar-refractivity contribution in [3.8, 4) is 22.8 Å². The average Bonchev–Trinajstić information content (AvgIpc) is 3.19. The summed E-state index contributed by atoms with van der Waals surface area (Å²) in [7, 11) is 0. The van der Waals surface area contributed by atoms with Crippen molar-refractivity contribution in [2.75, 3.05) is 23.8 Å². The lowest BCUT2D eigenvalue weighted by Crippen LogP contribution is -2.20. The molecule has 0 saturated heterocycles. The minimum atomic E-state index is -0.524. The van der Waals surface area contributed by atoms with Crippen LogP contribution in [0.25, 0.3) is 11.3 Å². The van der Waals surface area contributed by atoms with E-state index < -0.39 is 5.82 Å². The summed E-state index contributed by atoms with van der Waals surface area (Å²) in [6, 6.07) is 11.4. The number of benzene rings is 2. The Bertz CT molecular complexity index is 1050. The van der Waals surface area contributed by atoms with Crippen LogP contribution in [0.15, 0.2) is 47.8 Å². The lowest BCUT2D eigenvalue weighted by atomic mass is 10.1. The largest absolute Gasteiger partial charge is 0.494 e. The smallest absolute Gasteiger partial charge is 0.264 e. The second-order valence-corrected chi connectivity index (χ2v) is 7.43. The van der Waals surface area contributed by atoms with Crippen molar-refractivity contribution in [2.45, 2.75) is 20.3 Å². The molecule has 0 aliphatic heterocycles. The van der Waals surface area contributed by atoms with Crippen molar-refractivity contribution in [3.05, 3.63) is 53.7 Å². The summed E-state index contributed by atoms with van der Waals surface area (Å²) in [5, 5.41) is 7.13. The number of carbonyl (C=O) groups is 2. The van der Waals surface area contributed by atoms with E-state index in [1.54, 1.807) is 35.7 Å². The van der Waals surface area contributed by atoms with Crippen LogP contribution in [-0.4, -0.2) is 30.0 Å². The van der Waals surface area contributed by atoms with Gasteiger partial charge in [0.1, 0.15) is 17.3 Å². The van der Waals surface area contributed by atoms with Gasteiger partial charge >= 0.3 is 0 Å². The number of thiazole rings is 1. The Kier molecular flexibility index (Phi) is 7.55. The van der Waals surface area contributed by atoms with E-state index in [-0.39, 0.29) is 24.0 Å². The minimum Gasteiger partial charge on any atom is -0.494 e. The van der Waals surface area contributed by atoms with Crippen LogP contribution in [0.4, 0.5) is 15.2 Å². The molecule has 2 amide bonds. The maximum absolute atomic E-state index is 14.4. The average molecular weight is 444 g/mol. The predicted octanol–water partition coefficient (Wildman–Crippen LogP) is 4.71. The molecule has 1 heterocycles. The van der Waals surface area contributed by atoms with E-state index in [1.807, 2.05) is 6.92 Å². The Balaban J connectivity index is 1.54. The van der Waals surface area contributed by atoms with Gasteiger partial charge in [0.15, 0.2) is 11.7 Å². The standard InChI is InChI=1S/C22H22FN3O4S/c1-3-10-29-16-5-7-17(8-6-16)30-12-21(28)26-22-25-20(13-31-22)18-9-4-15(11-19(18)23)24-14(2)27/h4-9,11,13H,3,10,12H2,1-2H3,(H,24,27)(H,25,26,28). The molecule has 0 aliphatic rings. The summed E-state index contributed by atoms with van der Waals surface area (Å²) < 4.78 is 25.3. The molecule has 2 aromatic carbocycles. The number of hydrogen-bond acceptors (Lipinski definition) is 6. The highest BCUT2D eigenvalue weighted by Crippen LogP contribution is 2.28. The lowest BCUT2D eigenvalue weighted by Gasteiger charge is -2.08. The van der Waals surface area contributed by atoms with Crippen molar-refractivity contribution in [2.24, 2.45) is 0 Å². The van der Waals surface area contributed by atoms with E-state index in [4.69, 9.17) is 9.47 Å². The number of hydrogen-bond donors (Lipinski definition) is 2. The molecule has 0 saturated carbocycles. The van der Waals surface area contributed by atoms with E-state index in [9.17, 15) is 14.0 Å². The Morgan fingerprint density at radius 2 is 1.77 bits per heavy atom. The van der Waals surface area contributed by atoms with Gasteiger partial charge in [-0.2, -0.15) is 0 Å². The second-order valence-electron chi connectivity index (χ2n) is 6.57. The number of anilines is 2. The van der Waals surface area contributed by atoms with Crippen LogP contribution >= 0.6 is 11.3 Å². The third-order valence-corrected chi connectivity index (χ3v) is 4.74. The predicted molar refractivity (Wildman–Crippen MR) is 118 cm³/mol. The van der Waals surface area contributed by atoms with Gasteiger partial charge in [-0.15, -0.1) is 11.3 Å². The van der Waals surface area contributed by atoms with Gasteiger partial charge in [-0.1, -0.05) is 6.92 Å². The Morgan fingerprint density at radius 1 is 1.06 bits per heavy atom. The van der Waals surface area contributed by atoms with E-state index in [2.05, 4.69) is 15.6 Å². The molecule has 0 spiro atoms. The number of ether oxygens (including phenoxy) is 2. The maximum Gasteiger partial charge on any atom is 0.264 e. The Hall–Kier alpha value is -3.46. The van der Waals surface area contributed by atoms with Gasteiger partial charge in [-0.25, -0.2) is 9.37 Å². The zero-order valence-electron chi connectivity index (χ0n) is 17.1. The highest BCUT2D eigenvalue weighted by Gasteiger charge is 2.13. The summed E-state index contributed by atoms with van der Waals surface area (Å²) in [5.74, 6) is 0.0954. The first kappa shape index (κ1) is 22.2. The monoisotopic (exact) mass is 443 g/mol. The van der Waals surface area contributed by atoms with E-state index >= 15 is 0 Å². The first-order valence-electron chi connectivity index (χ1n) is 9.63. The summed E-state index contributed by atoms with van der Waals surface area (Å²) in [4.78, 5) is 27.5. The van der Waals surface area contributed by atoms with Crippen molar-refractivity contribution in [1.82, 2.24) is 4.98 Å². The van der Waals surface area contributed by atoms with Crippen molar-refractivity contribution in [1.29, 1.82) is 0 Å². The van der Waals surface area contributed by atoms with Gasteiger partial charge in [0.05, 0.1) is 12.3 Å². The van der Waals surface area contributed by atoms with Crippen LogP contribution in [-0.2, 0) is 9.59 Å². The fraction of sp³-hybridized carbons (Fsp3) is 0.227. The molecule has 0 bridgehead atoms. The minimum absolute atomic E-state index is 0.191. The number of aromatic nitrogens is 1. The molecule has 3 aromatic rings. The Labute approximate surface area is 183 Å². The molecule has 3 rings (SSSR count). The van der Waals surface area contributed by atoms with Gasteiger partial charge in [0.2, 0.25) is 5.91 Å². The topological polar surface area (TPSA) is 89.6 Å². The van der Waals surface area contributed by atoms with Gasteiger partial charge < -0.3 is 14.8 Å². The zero-order chi connectivity index (χ0) is 22.2. The number of amides is 2. The molecule has 0 radical (unpaired) electrons. The van der Waals surface area contributed by atoms with Crippen LogP contribution in [0.5, 0.6) is 11.5 Å². The summed E-state index contributed by atoms with van der Waals surface area (Å²) in [6.45, 7) is 3.83. The molecule has 0 aliphatic carbocycles. The summed E-state index contributed by atoms with van der Waals surface area (Å²) >= 11 is 1.18. The van der Waals surface area contributed by atoms with Gasteiger partial charge in [0, 0.05) is 23.6 Å². The van der Waals surface area contributed by atoms with Gasteiger partial charge in [-0.3, -0.25) is 14.9 Å². The van der Waals surface area contributed by atoms with Crippen LogP contribution in [0.2, 0.25) is 0 Å². The van der Waals surface area contributed by atoms with Gasteiger partial charge in [-0.05, 0) is 48.9 Å².